The highest BCUT2D eigenvalue weighted by Gasteiger charge is 2.61. The lowest BCUT2D eigenvalue weighted by molar-refractivity contribution is -0.180. The van der Waals surface area contributed by atoms with E-state index < -0.39 is 11.1 Å². The SMILES string of the molecule is COC(=O)C12C[C@@H]3C[C@H](CC(F)(C3)C1)C2. The van der Waals surface area contributed by atoms with Gasteiger partial charge in [-0.05, 0) is 50.4 Å². The molecule has 4 aliphatic rings. The Bertz CT molecular complexity index is 299. The summed E-state index contributed by atoms with van der Waals surface area (Å²) < 4.78 is 19.3. The van der Waals surface area contributed by atoms with E-state index in [1.807, 2.05) is 0 Å². The summed E-state index contributed by atoms with van der Waals surface area (Å²) in [5, 5.41) is 0. The second kappa shape index (κ2) is 2.74. The number of hydrogen-bond donors (Lipinski definition) is 0. The van der Waals surface area contributed by atoms with E-state index >= 15 is 0 Å². The fourth-order valence-electron chi connectivity index (χ4n) is 4.61. The molecule has 4 aliphatic carbocycles. The van der Waals surface area contributed by atoms with Crippen molar-refractivity contribution in [1.29, 1.82) is 0 Å². The van der Waals surface area contributed by atoms with Crippen molar-refractivity contribution < 1.29 is 13.9 Å². The van der Waals surface area contributed by atoms with Crippen molar-refractivity contribution in [2.24, 2.45) is 17.3 Å². The van der Waals surface area contributed by atoms with Gasteiger partial charge in [-0.25, -0.2) is 4.39 Å². The number of carbonyl (C=O) groups is 1. The highest BCUT2D eigenvalue weighted by Crippen LogP contribution is 2.63. The standard InChI is InChI=1S/C12H17FO2/c1-15-10(14)11-3-8-2-9(4-11)6-12(13,5-8)7-11/h8-9H,2-7H2,1H3/t8-,9-,11?,12?/m0/s1. The third kappa shape index (κ3) is 1.25. The van der Waals surface area contributed by atoms with Gasteiger partial charge in [-0.3, -0.25) is 4.79 Å². The Labute approximate surface area is 89.2 Å². The first-order valence-electron chi connectivity index (χ1n) is 5.83. The second-order valence-electron chi connectivity index (χ2n) is 5.88. The topological polar surface area (TPSA) is 26.3 Å². The zero-order valence-electron chi connectivity index (χ0n) is 9.09. The van der Waals surface area contributed by atoms with Crippen LogP contribution in [-0.2, 0) is 9.53 Å². The summed E-state index contributed by atoms with van der Waals surface area (Å²) in [6, 6.07) is 0. The third-order valence-corrected chi connectivity index (χ3v) is 4.61. The number of methoxy groups -OCH3 is 1. The zero-order chi connectivity index (χ0) is 10.7. The van der Waals surface area contributed by atoms with Gasteiger partial charge in [-0.2, -0.15) is 0 Å². The van der Waals surface area contributed by atoms with Crippen molar-refractivity contribution in [2.45, 2.75) is 44.2 Å². The van der Waals surface area contributed by atoms with E-state index in [1.165, 1.54) is 7.11 Å². The first-order chi connectivity index (χ1) is 7.05. The molecule has 4 bridgehead atoms. The highest BCUT2D eigenvalue weighted by atomic mass is 19.1. The molecule has 0 amide bonds. The minimum Gasteiger partial charge on any atom is -0.469 e. The summed E-state index contributed by atoms with van der Waals surface area (Å²) >= 11 is 0. The van der Waals surface area contributed by atoms with E-state index in [4.69, 9.17) is 4.74 Å². The lowest BCUT2D eigenvalue weighted by atomic mass is 9.48. The summed E-state index contributed by atoms with van der Waals surface area (Å²) in [4.78, 5) is 11.8. The molecule has 0 aliphatic heterocycles. The summed E-state index contributed by atoms with van der Waals surface area (Å²) in [6.07, 6.45) is 4.64. The Morgan fingerprint density at radius 2 is 1.87 bits per heavy atom. The van der Waals surface area contributed by atoms with Gasteiger partial charge in [0.25, 0.3) is 0 Å². The predicted molar refractivity (Wildman–Crippen MR) is 53.0 cm³/mol. The van der Waals surface area contributed by atoms with Crippen molar-refractivity contribution in [1.82, 2.24) is 0 Å². The molecule has 0 unspecified atom stereocenters. The van der Waals surface area contributed by atoms with Crippen molar-refractivity contribution in [3.05, 3.63) is 0 Å². The fraction of sp³-hybridized carbons (Fsp3) is 0.917. The van der Waals surface area contributed by atoms with Crippen LogP contribution < -0.4 is 0 Å². The molecule has 0 aromatic rings. The highest BCUT2D eigenvalue weighted by molar-refractivity contribution is 5.77. The smallest absolute Gasteiger partial charge is 0.311 e. The Morgan fingerprint density at radius 3 is 2.33 bits per heavy atom. The Kier molecular flexibility index (Phi) is 1.76. The van der Waals surface area contributed by atoms with Gasteiger partial charge in [0.1, 0.15) is 5.67 Å². The maximum Gasteiger partial charge on any atom is 0.311 e. The van der Waals surface area contributed by atoms with Crippen LogP contribution in [0, 0.1) is 17.3 Å². The molecule has 0 heterocycles. The van der Waals surface area contributed by atoms with Gasteiger partial charge in [0, 0.05) is 0 Å². The van der Waals surface area contributed by atoms with Crippen molar-refractivity contribution in [3.63, 3.8) is 0 Å². The molecule has 0 radical (unpaired) electrons. The van der Waals surface area contributed by atoms with E-state index in [-0.39, 0.29) is 5.97 Å². The van der Waals surface area contributed by atoms with Crippen molar-refractivity contribution in [2.75, 3.05) is 7.11 Å². The van der Waals surface area contributed by atoms with Crippen LogP contribution in [0.5, 0.6) is 0 Å². The normalized spacial score (nSPS) is 51.9. The molecule has 0 aromatic heterocycles. The van der Waals surface area contributed by atoms with Crippen LogP contribution in [0.2, 0.25) is 0 Å². The van der Waals surface area contributed by atoms with Gasteiger partial charge in [0.05, 0.1) is 12.5 Å². The molecule has 0 aromatic carbocycles. The van der Waals surface area contributed by atoms with Crippen LogP contribution in [0.4, 0.5) is 4.39 Å². The molecule has 2 nitrogen and oxygen atoms in total. The molecule has 4 rings (SSSR count). The molecule has 4 saturated carbocycles. The molecule has 0 N–H and O–H groups in total. The first-order valence-corrected chi connectivity index (χ1v) is 5.83. The van der Waals surface area contributed by atoms with Gasteiger partial charge in [-0.1, -0.05) is 0 Å². The monoisotopic (exact) mass is 212 g/mol. The molecule has 3 heteroatoms. The lowest BCUT2D eigenvalue weighted by Gasteiger charge is -2.57. The van der Waals surface area contributed by atoms with Crippen molar-refractivity contribution in [3.8, 4) is 0 Å². The van der Waals surface area contributed by atoms with E-state index in [9.17, 15) is 9.18 Å². The van der Waals surface area contributed by atoms with Crippen LogP contribution in [0.15, 0.2) is 0 Å². The molecule has 2 atom stereocenters. The molecular weight excluding hydrogens is 195 g/mol. The van der Waals surface area contributed by atoms with Crippen LogP contribution in [0.3, 0.4) is 0 Å². The minimum atomic E-state index is -1.06. The first kappa shape index (κ1) is 9.61. The van der Waals surface area contributed by atoms with E-state index in [0.717, 1.165) is 19.3 Å². The number of ether oxygens (including phenoxy) is 1. The minimum absolute atomic E-state index is 0.168. The third-order valence-electron chi connectivity index (χ3n) is 4.61. The Morgan fingerprint density at radius 1 is 1.27 bits per heavy atom. The number of hydrogen-bond acceptors (Lipinski definition) is 2. The summed E-state index contributed by atoms with van der Waals surface area (Å²) in [5.41, 5.74) is -1.52. The van der Waals surface area contributed by atoms with Crippen LogP contribution in [0.25, 0.3) is 0 Å². The average Bonchev–Trinajstić information content (AvgIpc) is 2.12. The van der Waals surface area contributed by atoms with Gasteiger partial charge < -0.3 is 4.74 Å². The van der Waals surface area contributed by atoms with E-state index in [2.05, 4.69) is 0 Å². The quantitative estimate of drug-likeness (QED) is 0.624. The Balaban J connectivity index is 1.96. The molecule has 0 saturated heterocycles. The number of halogens is 1. The largest absolute Gasteiger partial charge is 0.469 e. The van der Waals surface area contributed by atoms with E-state index in [1.54, 1.807) is 0 Å². The lowest BCUT2D eigenvalue weighted by Crippen LogP contribution is -2.56. The predicted octanol–water partition coefficient (Wildman–Crippen LogP) is 2.47. The fourth-order valence-corrected chi connectivity index (χ4v) is 4.61. The summed E-state index contributed by atoms with van der Waals surface area (Å²) in [7, 11) is 1.42. The van der Waals surface area contributed by atoms with Gasteiger partial charge in [0.2, 0.25) is 0 Å². The number of alkyl halides is 1. The maximum absolute atomic E-state index is 14.4. The summed E-state index contributed by atoms with van der Waals surface area (Å²) in [5.74, 6) is 0.685. The number of esters is 1. The second-order valence-corrected chi connectivity index (χ2v) is 5.88. The van der Waals surface area contributed by atoms with Crippen LogP contribution in [-0.4, -0.2) is 18.7 Å². The Hall–Kier alpha value is -0.600. The molecule has 15 heavy (non-hydrogen) atoms. The van der Waals surface area contributed by atoms with Crippen LogP contribution in [0.1, 0.15) is 38.5 Å². The number of carbonyl (C=O) groups excluding carboxylic acids is 1. The maximum atomic E-state index is 14.4. The number of rotatable bonds is 1. The molecule has 0 spiro atoms. The average molecular weight is 212 g/mol. The van der Waals surface area contributed by atoms with Crippen molar-refractivity contribution >= 4 is 5.97 Å². The molecular formula is C12H17FO2. The van der Waals surface area contributed by atoms with Gasteiger partial charge in [-0.15, -0.1) is 0 Å². The zero-order valence-corrected chi connectivity index (χ0v) is 9.09. The van der Waals surface area contributed by atoms with Gasteiger partial charge in [0.15, 0.2) is 0 Å². The van der Waals surface area contributed by atoms with Crippen LogP contribution >= 0.6 is 0 Å². The van der Waals surface area contributed by atoms with E-state index in [0.29, 0.717) is 31.1 Å². The summed E-state index contributed by atoms with van der Waals surface area (Å²) in [6.45, 7) is 0. The molecule has 84 valence electrons. The molecule has 4 fully saturated rings. The van der Waals surface area contributed by atoms with Gasteiger partial charge >= 0.3 is 5.97 Å².